The van der Waals surface area contributed by atoms with E-state index in [9.17, 15) is 0 Å². The Bertz CT molecular complexity index is 1490. The van der Waals surface area contributed by atoms with Gasteiger partial charge in [-0.2, -0.15) is 0 Å². The number of hydrogen-bond donors (Lipinski definition) is 0. The van der Waals surface area contributed by atoms with Crippen LogP contribution in [0.5, 0.6) is 0 Å². The molecular formula is C28H25BN2O2. The van der Waals surface area contributed by atoms with E-state index in [0.29, 0.717) is 0 Å². The first kappa shape index (κ1) is 20.3. The van der Waals surface area contributed by atoms with Gasteiger partial charge in [-0.25, -0.2) is 0 Å². The van der Waals surface area contributed by atoms with Crippen molar-refractivity contribution in [3.8, 4) is 11.1 Å². The lowest BCUT2D eigenvalue weighted by molar-refractivity contribution is 0.00578. The first-order chi connectivity index (χ1) is 15.8. The van der Waals surface area contributed by atoms with Crippen molar-refractivity contribution in [1.82, 2.24) is 9.97 Å². The van der Waals surface area contributed by atoms with Gasteiger partial charge < -0.3 is 9.31 Å². The molecule has 0 unspecified atom stereocenters. The van der Waals surface area contributed by atoms with Crippen LogP contribution in [0.25, 0.3) is 43.7 Å². The van der Waals surface area contributed by atoms with Gasteiger partial charge >= 0.3 is 7.12 Å². The molecule has 1 saturated heterocycles. The van der Waals surface area contributed by atoms with E-state index in [2.05, 4.69) is 93.3 Å². The van der Waals surface area contributed by atoms with E-state index in [1.165, 1.54) is 10.8 Å². The molecule has 3 aromatic carbocycles. The van der Waals surface area contributed by atoms with Gasteiger partial charge in [-0.05, 0) is 61.6 Å². The van der Waals surface area contributed by atoms with Crippen molar-refractivity contribution in [2.24, 2.45) is 0 Å². The highest BCUT2D eigenvalue weighted by molar-refractivity contribution is 6.62. The highest BCUT2D eigenvalue weighted by Crippen LogP contribution is 2.37. The molecule has 3 heterocycles. The van der Waals surface area contributed by atoms with Gasteiger partial charge in [0.1, 0.15) is 0 Å². The summed E-state index contributed by atoms with van der Waals surface area (Å²) >= 11 is 0. The zero-order chi connectivity index (χ0) is 22.8. The van der Waals surface area contributed by atoms with Crippen LogP contribution in [0.3, 0.4) is 0 Å². The molecule has 33 heavy (non-hydrogen) atoms. The van der Waals surface area contributed by atoms with E-state index < -0.39 is 7.12 Å². The van der Waals surface area contributed by atoms with E-state index in [0.717, 1.165) is 38.4 Å². The molecule has 0 radical (unpaired) electrons. The summed E-state index contributed by atoms with van der Waals surface area (Å²) in [4.78, 5) is 9.54. The number of hydrogen-bond acceptors (Lipinski definition) is 4. The van der Waals surface area contributed by atoms with Gasteiger partial charge in [0, 0.05) is 28.7 Å². The summed E-state index contributed by atoms with van der Waals surface area (Å²) in [5, 5.41) is 4.61. The maximum atomic E-state index is 6.27. The van der Waals surface area contributed by atoms with Crippen LogP contribution in [0.1, 0.15) is 27.7 Å². The molecule has 0 amide bonds. The lowest BCUT2D eigenvalue weighted by Gasteiger charge is -2.32. The summed E-state index contributed by atoms with van der Waals surface area (Å²) in [6.07, 6.45) is 3.77. The van der Waals surface area contributed by atoms with Crippen LogP contribution in [0.2, 0.25) is 0 Å². The monoisotopic (exact) mass is 432 g/mol. The predicted octanol–water partition coefficient (Wildman–Crippen LogP) is 5.90. The second-order valence-electron chi connectivity index (χ2n) is 9.78. The number of pyridine rings is 2. The van der Waals surface area contributed by atoms with E-state index >= 15 is 0 Å². The Kier molecular flexibility index (Phi) is 4.38. The number of fused-ring (bicyclic) bond motifs is 6. The summed E-state index contributed by atoms with van der Waals surface area (Å²) in [6.45, 7) is 8.31. The molecule has 162 valence electrons. The third-order valence-corrected chi connectivity index (χ3v) is 7.17. The summed E-state index contributed by atoms with van der Waals surface area (Å²) in [7, 11) is -0.391. The minimum Gasteiger partial charge on any atom is -0.399 e. The first-order valence-electron chi connectivity index (χ1n) is 11.4. The van der Waals surface area contributed by atoms with Crippen molar-refractivity contribution in [1.29, 1.82) is 0 Å². The molecule has 0 bridgehead atoms. The second-order valence-corrected chi connectivity index (χ2v) is 9.78. The molecule has 5 aromatic rings. The molecule has 1 fully saturated rings. The lowest BCUT2D eigenvalue weighted by atomic mass is 9.78. The minimum atomic E-state index is -0.391. The van der Waals surface area contributed by atoms with Gasteiger partial charge in [0.2, 0.25) is 0 Å². The van der Waals surface area contributed by atoms with Gasteiger partial charge in [-0.15, -0.1) is 0 Å². The third kappa shape index (κ3) is 3.15. The third-order valence-electron chi connectivity index (χ3n) is 7.17. The fourth-order valence-corrected chi connectivity index (χ4v) is 4.62. The highest BCUT2D eigenvalue weighted by Gasteiger charge is 2.51. The number of rotatable bonds is 2. The highest BCUT2D eigenvalue weighted by atomic mass is 16.7. The molecule has 6 rings (SSSR count). The van der Waals surface area contributed by atoms with Crippen LogP contribution in [0.15, 0.2) is 79.1 Å². The number of benzene rings is 3. The molecule has 1 aliphatic rings. The van der Waals surface area contributed by atoms with Crippen molar-refractivity contribution in [2.75, 3.05) is 0 Å². The van der Waals surface area contributed by atoms with Gasteiger partial charge in [0.25, 0.3) is 0 Å². The topological polar surface area (TPSA) is 44.2 Å². The van der Waals surface area contributed by atoms with Crippen molar-refractivity contribution in [2.45, 2.75) is 38.9 Å². The molecule has 1 aliphatic heterocycles. The Morgan fingerprint density at radius 1 is 0.636 bits per heavy atom. The van der Waals surface area contributed by atoms with Crippen molar-refractivity contribution < 1.29 is 9.31 Å². The fourth-order valence-electron chi connectivity index (χ4n) is 4.62. The average molecular weight is 432 g/mol. The van der Waals surface area contributed by atoms with Gasteiger partial charge in [0.05, 0.1) is 22.2 Å². The molecule has 5 heteroatoms. The van der Waals surface area contributed by atoms with Gasteiger partial charge in [0.15, 0.2) is 0 Å². The second kappa shape index (κ2) is 7.11. The van der Waals surface area contributed by atoms with E-state index in [1.54, 1.807) is 0 Å². The first-order valence-corrected chi connectivity index (χ1v) is 11.4. The zero-order valence-electron chi connectivity index (χ0n) is 19.3. The minimum absolute atomic E-state index is 0.370. The lowest BCUT2D eigenvalue weighted by Crippen LogP contribution is -2.41. The molecule has 4 nitrogen and oxygen atoms in total. The molecule has 0 spiro atoms. The van der Waals surface area contributed by atoms with Crippen LogP contribution < -0.4 is 5.46 Å². The molecule has 0 saturated carbocycles. The fraction of sp³-hybridized carbons (Fsp3) is 0.214. The molecule has 0 aliphatic carbocycles. The van der Waals surface area contributed by atoms with Crippen LogP contribution in [-0.4, -0.2) is 28.3 Å². The van der Waals surface area contributed by atoms with E-state index in [4.69, 9.17) is 14.3 Å². The number of nitrogens with zero attached hydrogens (tertiary/aromatic N) is 2. The normalized spacial score (nSPS) is 17.3. The van der Waals surface area contributed by atoms with Crippen LogP contribution in [0, 0.1) is 0 Å². The van der Waals surface area contributed by atoms with Crippen LogP contribution >= 0.6 is 0 Å². The molecule has 0 N–H and O–H groups in total. The maximum absolute atomic E-state index is 6.27. The quantitative estimate of drug-likeness (QED) is 0.257. The molecule has 0 atom stereocenters. The van der Waals surface area contributed by atoms with Crippen LogP contribution in [0.4, 0.5) is 0 Å². The van der Waals surface area contributed by atoms with Crippen molar-refractivity contribution in [3.63, 3.8) is 0 Å². The predicted molar refractivity (Wildman–Crippen MR) is 136 cm³/mol. The average Bonchev–Trinajstić information content (AvgIpc) is 3.06. The smallest absolute Gasteiger partial charge is 0.399 e. The SMILES string of the molecule is CC1(C)OB(c2cccc(-c3cnc4c(c3)c3ccccc3c3cccnc34)c2)OC1(C)C. The Balaban J connectivity index is 1.50. The zero-order valence-corrected chi connectivity index (χ0v) is 19.3. The van der Waals surface area contributed by atoms with Gasteiger partial charge in [-0.1, -0.05) is 54.6 Å². The van der Waals surface area contributed by atoms with Crippen molar-refractivity contribution >= 4 is 45.2 Å². The summed E-state index contributed by atoms with van der Waals surface area (Å²) in [6, 6.07) is 23.2. The largest absolute Gasteiger partial charge is 0.494 e. The summed E-state index contributed by atoms with van der Waals surface area (Å²) < 4.78 is 12.5. The Hall–Kier alpha value is -3.28. The maximum Gasteiger partial charge on any atom is 0.494 e. The van der Waals surface area contributed by atoms with E-state index in [-0.39, 0.29) is 11.2 Å². The Labute approximate surface area is 193 Å². The van der Waals surface area contributed by atoms with Gasteiger partial charge in [-0.3, -0.25) is 9.97 Å². The van der Waals surface area contributed by atoms with E-state index in [1.807, 2.05) is 18.5 Å². The van der Waals surface area contributed by atoms with Crippen molar-refractivity contribution in [3.05, 3.63) is 79.1 Å². The summed E-state index contributed by atoms with van der Waals surface area (Å²) in [5.74, 6) is 0. The van der Waals surface area contributed by atoms with Crippen LogP contribution in [-0.2, 0) is 9.31 Å². The standard InChI is InChI=1S/C28H25BN2O2/c1-27(2)28(3,4)33-29(32-27)20-10-7-9-18(15-20)19-16-24-22-12-6-5-11-21(22)23-13-8-14-30-25(23)26(24)31-17-19/h5-17H,1-4H3. The molecule has 2 aromatic heterocycles. The Morgan fingerprint density at radius 2 is 1.30 bits per heavy atom. The molecular weight excluding hydrogens is 407 g/mol. The Morgan fingerprint density at radius 3 is 2.06 bits per heavy atom. The summed E-state index contributed by atoms with van der Waals surface area (Å²) in [5.41, 5.74) is 4.27. The number of aromatic nitrogens is 2.